The van der Waals surface area contributed by atoms with E-state index in [1.54, 1.807) is 66.7 Å². The number of halogens is 1. The van der Waals surface area contributed by atoms with Crippen LogP contribution >= 0.6 is 11.6 Å². The highest BCUT2D eigenvalue weighted by atomic mass is 35.5. The number of ether oxygens (including phenoxy) is 3. The highest BCUT2D eigenvalue weighted by Gasteiger charge is 2.38. The van der Waals surface area contributed by atoms with Crippen molar-refractivity contribution in [3.8, 4) is 11.5 Å². The molecular formula is C35H34ClN3O6. The first kappa shape index (κ1) is 31.4. The molecule has 3 amide bonds. The molecule has 45 heavy (non-hydrogen) atoms. The number of benzene rings is 4. The van der Waals surface area contributed by atoms with Crippen LogP contribution in [-0.2, 0) is 16.0 Å². The highest BCUT2D eigenvalue weighted by Crippen LogP contribution is 2.37. The Morgan fingerprint density at radius 2 is 1.56 bits per heavy atom. The first-order valence-corrected chi connectivity index (χ1v) is 14.9. The largest absolute Gasteiger partial charge is 0.495 e. The van der Waals surface area contributed by atoms with Gasteiger partial charge in [-0.1, -0.05) is 60.1 Å². The third-order valence-electron chi connectivity index (χ3n) is 7.68. The van der Waals surface area contributed by atoms with Gasteiger partial charge in [0.05, 0.1) is 54.7 Å². The minimum Gasteiger partial charge on any atom is -0.495 e. The molecule has 0 bridgehead atoms. The molecule has 9 nitrogen and oxygen atoms in total. The lowest BCUT2D eigenvalue weighted by Crippen LogP contribution is -2.41. The summed E-state index contributed by atoms with van der Waals surface area (Å²) in [6.07, 6.45) is 1.71. The summed E-state index contributed by atoms with van der Waals surface area (Å²) in [5.74, 6) is 0.561. The van der Waals surface area contributed by atoms with Gasteiger partial charge in [0.2, 0.25) is 5.91 Å². The Balaban J connectivity index is 1.29. The molecule has 1 aliphatic heterocycles. The number of amides is 3. The number of methoxy groups -OCH3 is 2. The first-order chi connectivity index (χ1) is 21.9. The summed E-state index contributed by atoms with van der Waals surface area (Å²) in [5.41, 5.74) is 3.17. The zero-order chi connectivity index (χ0) is 31.8. The van der Waals surface area contributed by atoms with E-state index in [4.69, 9.17) is 25.8 Å². The lowest BCUT2D eigenvalue weighted by molar-refractivity contribution is -0.134. The molecule has 0 aliphatic carbocycles. The van der Waals surface area contributed by atoms with Gasteiger partial charge in [-0.2, -0.15) is 0 Å². The molecule has 4 aromatic rings. The first-order valence-electron chi connectivity index (χ1n) is 14.5. The van der Waals surface area contributed by atoms with E-state index >= 15 is 0 Å². The standard InChI is InChI=1S/C35H34ClN3O6/c1-43-32-20-23(12-18-30(32)38-35(42)37-29-11-7-6-10-28(29)36)21-33(40)39-26(15-19-31(39)24-8-4-3-5-9-24)22-45-27-16-13-25(14-17-27)34(41)44-2/h3-14,16-18,20,26,31H,15,19,21-22H2,1-2H3,(H2,37,38,42). The van der Waals surface area contributed by atoms with E-state index in [0.717, 1.165) is 24.0 Å². The fraction of sp³-hybridized carbons (Fsp3) is 0.229. The molecule has 1 heterocycles. The normalized spacial score (nSPS) is 15.7. The maximum absolute atomic E-state index is 14.0. The van der Waals surface area contributed by atoms with Gasteiger partial charge in [0.15, 0.2) is 0 Å². The summed E-state index contributed by atoms with van der Waals surface area (Å²) in [6.45, 7) is 0.305. The average molecular weight is 628 g/mol. The van der Waals surface area contributed by atoms with Crippen LogP contribution < -0.4 is 20.1 Å². The SMILES string of the molecule is COC(=O)c1ccc(OCC2CCC(c3ccccc3)N2C(=O)Cc2ccc(NC(=O)Nc3ccccc3Cl)c(OC)c2)cc1. The van der Waals surface area contributed by atoms with Crippen molar-refractivity contribution in [1.29, 1.82) is 0 Å². The van der Waals surface area contributed by atoms with Gasteiger partial charge < -0.3 is 29.7 Å². The van der Waals surface area contributed by atoms with E-state index in [0.29, 0.717) is 40.1 Å². The van der Waals surface area contributed by atoms with Crippen LogP contribution in [0, 0.1) is 0 Å². The van der Waals surface area contributed by atoms with Crippen molar-refractivity contribution < 1.29 is 28.6 Å². The molecule has 5 rings (SSSR count). The van der Waals surface area contributed by atoms with Crippen LogP contribution in [0.5, 0.6) is 11.5 Å². The van der Waals surface area contributed by atoms with Gasteiger partial charge in [0.1, 0.15) is 18.1 Å². The molecule has 0 saturated carbocycles. The average Bonchev–Trinajstić information content (AvgIpc) is 3.50. The zero-order valence-electron chi connectivity index (χ0n) is 25.0. The molecule has 0 spiro atoms. The van der Waals surface area contributed by atoms with E-state index < -0.39 is 12.0 Å². The molecule has 2 N–H and O–H groups in total. The molecule has 2 unspecified atom stereocenters. The van der Waals surface area contributed by atoms with Crippen molar-refractivity contribution >= 4 is 40.9 Å². The van der Waals surface area contributed by atoms with Gasteiger partial charge in [-0.05, 0) is 72.5 Å². The Morgan fingerprint density at radius 1 is 0.844 bits per heavy atom. The second-order valence-corrected chi connectivity index (χ2v) is 11.0. The number of nitrogens with one attached hydrogen (secondary N) is 2. The number of anilines is 2. The van der Waals surface area contributed by atoms with E-state index in [9.17, 15) is 14.4 Å². The van der Waals surface area contributed by atoms with Crippen LogP contribution in [0.3, 0.4) is 0 Å². The Hall–Kier alpha value is -5.02. The number of rotatable bonds is 10. The summed E-state index contributed by atoms with van der Waals surface area (Å²) in [5, 5.41) is 5.93. The lowest BCUT2D eigenvalue weighted by atomic mass is 10.0. The van der Waals surface area contributed by atoms with E-state index in [1.807, 2.05) is 35.2 Å². The number of carbonyl (C=O) groups excluding carboxylic acids is 3. The maximum atomic E-state index is 14.0. The summed E-state index contributed by atoms with van der Waals surface area (Å²) in [7, 11) is 2.85. The number of carbonyl (C=O) groups is 3. The van der Waals surface area contributed by atoms with Gasteiger partial charge in [0, 0.05) is 0 Å². The number of nitrogens with zero attached hydrogens (tertiary/aromatic N) is 1. The molecule has 0 aromatic heterocycles. The monoisotopic (exact) mass is 627 g/mol. The Labute approximate surface area is 267 Å². The Kier molecular flexibility index (Phi) is 10.2. The lowest BCUT2D eigenvalue weighted by Gasteiger charge is -2.31. The van der Waals surface area contributed by atoms with Crippen LogP contribution in [0.1, 0.15) is 40.4 Å². The summed E-state index contributed by atoms with van der Waals surface area (Å²) < 4.78 is 16.4. The maximum Gasteiger partial charge on any atom is 0.337 e. The summed E-state index contributed by atoms with van der Waals surface area (Å²) >= 11 is 6.16. The Bertz CT molecular complexity index is 1650. The minimum atomic E-state index is -0.476. The molecule has 1 fully saturated rings. The Morgan fingerprint density at radius 3 is 2.27 bits per heavy atom. The van der Waals surface area contributed by atoms with Crippen LogP contribution in [0.2, 0.25) is 5.02 Å². The second-order valence-electron chi connectivity index (χ2n) is 10.6. The second kappa shape index (κ2) is 14.6. The molecule has 1 aliphatic rings. The fourth-order valence-electron chi connectivity index (χ4n) is 5.48. The minimum absolute atomic E-state index is 0.0461. The predicted molar refractivity (Wildman–Crippen MR) is 173 cm³/mol. The van der Waals surface area contributed by atoms with Crippen LogP contribution in [0.25, 0.3) is 0 Å². The van der Waals surface area contributed by atoms with Crippen molar-refractivity contribution in [3.63, 3.8) is 0 Å². The van der Waals surface area contributed by atoms with Crippen molar-refractivity contribution in [3.05, 3.63) is 119 Å². The number of para-hydroxylation sites is 1. The summed E-state index contributed by atoms with van der Waals surface area (Å²) in [6, 6.07) is 28.2. The molecule has 232 valence electrons. The molecule has 0 radical (unpaired) electrons. The van der Waals surface area contributed by atoms with E-state index in [2.05, 4.69) is 10.6 Å². The third kappa shape index (κ3) is 7.74. The van der Waals surface area contributed by atoms with Gasteiger partial charge in [-0.3, -0.25) is 4.79 Å². The van der Waals surface area contributed by atoms with Gasteiger partial charge >= 0.3 is 12.0 Å². The summed E-state index contributed by atoms with van der Waals surface area (Å²) in [4.78, 5) is 40.3. The zero-order valence-corrected chi connectivity index (χ0v) is 25.8. The number of hydrogen-bond acceptors (Lipinski definition) is 6. The molecule has 2 atom stereocenters. The molecule has 10 heteroatoms. The molecular weight excluding hydrogens is 594 g/mol. The van der Waals surface area contributed by atoms with Gasteiger partial charge in [0.25, 0.3) is 0 Å². The molecule has 1 saturated heterocycles. The van der Waals surface area contributed by atoms with Crippen LogP contribution in [-0.4, -0.2) is 49.7 Å². The number of urea groups is 1. The fourth-order valence-corrected chi connectivity index (χ4v) is 5.66. The van der Waals surface area contributed by atoms with E-state index in [1.165, 1.54) is 14.2 Å². The van der Waals surface area contributed by atoms with Gasteiger partial charge in [-0.25, -0.2) is 9.59 Å². The van der Waals surface area contributed by atoms with E-state index in [-0.39, 0.29) is 24.4 Å². The van der Waals surface area contributed by atoms with Gasteiger partial charge in [-0.15, -0.1) is 0 Å². The number of esters is 1. The van der Waals surface area contributed by atoms with Crippen molar-refractivity contribution in [2.24, 2.45) is 0 Å². The number of hydrogen-bond donors (Lipinski definition) is 2. The van der Waals surface area contributed by atoms with Crippen molar-refractivity contribution in [1.82, 2.24) is 4.90 Å². The quantitative estimate of drug-likeness (QED) is 0.181. The smallest absolute Gasteiger partial charge is 0.337 e. The van der Waals surface area contributed by atoms with Crippen LogP contribution in [0.15, 0.2) is 97.1 Å². The topological polar surface area (TPSA) is 106 Å². The molecule has 4 aromatic carbocycles. The van der Waals surface area contributed by atoms with Crippen molar-refractivity contribution in [2.45, 2.75) is 31.3 Å². The van der Waals surface area contributed by atoms with Crippen molar-refractivity contribution in [2.75, 3.05) is 31.5 Å². The number of likely N-dealkylation sites (tertiary alicyclic amines) is 1. The predicted octanol–water partition coefficient (Wildman–Crippen LogP) is 7.13. The van der Waals surface area contributed by atoms with Crippen LogP contribution in [0.4, 0.5) is 16.2 Å². The third-order valence-corrected chi connectivity index (χ3v) is 8.01. The highest BCUT2D eigenvalue weighted by molar-refractivity contribution is 6.33.